The number of rotatable bonds is 22. The van der Waals surface area contributed by atoms with Crippen molar-refractivity contribution in [2.24, 2.45) is 47.2 Å². The van der Waals surface area contributed by atoms with Gasteiger partial charge in [-0.15, -0.1) is 0 Å². The number of hydrogen-bond donors (Lipinski definition) is 6. The third kappa shape index (κ3) is 25.3. The summed E-state index contributed by atoms with van der Waals surface area (Å²) in [6, 6.07) is -14.0. The molecule has 0 bridgehead atoms. The van der Waals surface area contributed by atoms with Crippen LogP contribution >= 0.6 is 0 Å². The van der Waals surface area contributed by atoms with Crippen LogP contribution in [0.4, 0.5) is 0 Å². The van der Waals surface area contributed by atoms with Gasteiger partial charge in [-0.3, -0.25) is 57.5 Å². The molecule has 11 amide bonds. The highest BCUT2D eigenvalue weighted by Crippen LogP contribution is 2.26. The molecular formula is C69H124N12O15. The molecule has 1 saturated heterocycles. The summed E-state index contributed by atoms with van der Waals surface area (Å²) < 4.78 is 11.5. The lowest BCUT2D eigenvalue weighted by Crippen LogP contribution is -2.63. The Morgan fingerprint density at radius 3 is 1.50 bits per heavy atom. The number of esters is 1. The minimum atomic E-state index is -1.66. The number of amides is 11. The number of ether oxygens (including phenoxy) is 2. The van der Waals surface area contributed by atoms with Crippen LogP contribution in [0.15, 0.2) is 12.2 Å². The van der Waals surface area contributed by atoms with Crippen molar-refractivity contribution in [3.63, 3.8) is 0 Å². The Kier molecular flexibility index (Phi) is 37.1. The summed E-state index contributed by atoms with van der Waals surface area (Å²) in [5, 5.41) is 23.1. The zero-order valence-electron chi connectivity index (χ0n) is 62.6. The molecule has 0 spiro atoms. The molecule has 1 aliphatic rings. The average molecular weight is 1360 g/mol. The normalized spacial score (nSPS) is 25.8. The van der Waals surface area contributed by atoms with Gasteiger partial charge in [-0.2, -0.15) is 0 Å². The van der Waals surface area contributed by atoms with E-state index in [1.807, 2.05) is 41.5 Å². The van der Waals surface area contributed by atoms with E-state index in [9.17, 15) is 48.3 Å². The number of nitrogens with two attached hydrogens (primary N) is 1. The van der Waals surface area contributed by atoms with Crippen LogP contribution in [0.5, 0.6) is 0 Å². The fourth-order valence-corrected chi connectivity index (χ4v) is 11.6. The highest BCUT2D eigenvalue weighted by Gasteiger charge is 2.46. The third-order valence-corrected chi connectivity index (χ3v) is 17.9. The van der Waals surface area contributed by atoms with Crippen LogP contribution in [0.3, 0.4) is 0 Å². The van der Waals surface area contributed by atoms with Gasteiger partial charge in [0.1, 0.15) is 66.5 Å². The Morgan fingerprint density at radius 1 is 0.542 bits per heavy atom. The van der Waals surface area contributed by atoms with E-state index in [2.05, 4.69) is 21.3 Å². The second-order valence-electron chi connectivity index (χ2n) is 28.6. The number of carbonyl (C=O) groups excluding carboxylic acids is 12. The quantitative estimate of drug-likeness (QED) is 0.0516. The summed E-state index contributed by atoms with van der Waals surface area (Å²) in [6.45, 7) is 30.4. The lowest BCUT2D eigenvalue weighted by molar-refractivity contribution is -0.157. The summed E-state index contributed by atoms with van der Waals surface area (Å²) in [5.74, 6) is -11.2. The second-order valence-corrected chi connectivity index (χ2v) is 28.6. The number of hydrogen-bond acceptors (Lipinski definition) is 16. The standard InChI is InChI=1S/C69H124N12O15/c1-26-28-31-44(15)58(83)57-62(87)73-48(27-2)64(89)75(19)37-52(82)79(23)56(47(18)95-32-29-30-33-96-69(94)53(70)41(9)10)61(86)74-54(42(11)12)67(92)76(20)49(34-38(3)4)60(85)71-45(16)59(84)72-46(17)63(88)77(21)50(35-39(5)6)65(90)78(22)51(36-40(7)8)66(91)80(24)55(43(13)14)68(93)81(57)25/h26,28,38-51,53-58,83H,27,29-37,70H2,1-25H3,(H,71,85)(H,72,84)(H,73,87)(H,74,86)/t44-,45+,46-,47-,48+,49+,50+,51-,53+,54+,55+,56+,57+,58-/m1/s1. The number of allylic oxidation sites excluding steroid dienone is 2. The molecule has 0 aromatic carbocycles. The van der Waals surface area contributed by atoms with E-state index in [1.54, 1.807) is 81.4 Å². The minimum absolute atomic E-state index is 0.0225. The minimum Gasteiger partial charge on any atom is -0.465 e. The van der Waals surface area contributed by atoms with Gasteiger partial charge in [0.15, 0.2) is 0 Å². The van der Waals surface area contributed by atoms with Crippen molar-refractivity contribution in [2.45, 2.75) is 248 Å². The molecular weight excluding hydrogens is 1240 g/mol. The van der Waals surface area contributed by atoms with Crippen molar-refractivity contribution in [3.8, 4) is 0 Å². The Bertz CT molecular complexity index is 2640. The summed E-state index contributed by atoms with van der Waals surface area (Å²) in [6.07, 6.45) is 2.25. The number of aliphatic hydroxyl groups excluding tert-OH is 1. The van der Waals surface area contributed by atoms with Gasteiger partial charge in [0.25, 0.3) is 0 Å². The maximum absolute atomic E-state index is 15.2. The first-order valence-corrected chi connectivity index (χ1v) is 34.3. The van der Waals surface area contributed by atoms with E-state index >= 15 is 14.4 Å². The van der Waals surface area contributed by atoms with Gasteiger partial charge in [0.05, 0.1) is 25.4 Å². The maximum Gasteiger partial charge on any atom is 0.323 e. The van der Waals surface area contributed by atoms with Gasteiger partial charge in [-0.1, -0.05) is 109 Å². The Hall–Kier alpha value is -6.74. The molecule has 0 aromatic rings. The fourth-order valence-electron chi connectivity index (χ4n) is 11.6. The Morgan fingerprint density at radius 2 is 1.01 bits per heavy atom. The molecule has 0 aliphatic carbocycles. The number of nitrogens with zero attached hydrogens (tertiary/aromatic N) is 7. The number of likely N-dealkylation sites (N-methyl/N-ethyl adjacent to an activating group) is 7. The van der Waals surface area contributed by atoms with Crippen molar-refractivity contribution in [2.75, 3.05) is 69.1 Å². The first kappa shape index (κ1) is 87.3. The van der Waals surface area contributed by atoms with Crippen LogP contribution < -0.4 is 27.0 Å². The molecule has 0 aromatic heterocycles. The smallest absolute Gasteiger partial charge is 0.323 e. The van der Waals surface area contributed by atoms with Gasteiger partial charge >= 0.3 is 5.97 Å². The van der Waals surface area contributed by atoms with E-state index < -0.39 is 174 Å². The van der Waals surface area contributed by atoms with Gasteiger partial charge in [0.2, 0.25) is 65.0 Å². The average Bonchev–Trinajstić information content (AvgIpc) is 0.807. The van der Waals surface area contributed by atoms with Crippen molar-refractivity contribution in [3.05, 3.63) is 12.2 Å². The molecule has 27 nitrogen and oxygen atoms in total. The first-order valence-electron chi connectivity index (χ1n) is 34.3. The molecule has 550 valence electrons. The maximum atomic E-state index is 15.2. The van der Waals surface area contributed by atoms with Crippen LogP contribution in [0.2, 0.25) is 0 Å². The zero-order valence-corrected chi connectivity index (χ0v) is 62.6. The molecule has 14 atom stereocenters. The van der Waals surface area contributed by atoms with E-state index in [-0.39, 0.29) is 69.0 Å². The van der Waals surface area contributed by atoms with Crippen molar-refractivity contribution < 1.29 is 72.1 Å². The van der Waals surface area contributed by atoms with Gasteiger partial charge in [-0.05, 0) is 114 Å². The molecule has 96 heavy (non-hydrogen) atoms. The SMILES string of the molecule is CC=CC[C@@H](C)[C@@H](O)[C@H]1C(=O)N[C@@H](CC)C(=O)N(C)CC(=O)N(C)[C@@H]([C@@H](C)OCCCCOC(=O)[C@@H](N)C(C)C)C(=O)N[C@@H](C(C)C)C(=O)N(C)[C@@H](CC(C)C)C(=O)N[C@@H](C)C(=O)N[C@H](C)C(=O)N(C)[C@@H](CC(C)C)C(=O)N(C)[C@H](CC(C)C)C(=O)N(C)[C@@H](C(C)C)C(=O)N1C. The Labute approximate surface area is 573 Å². The van der Waals surface area contributed by atoms with Crippen molar-refractivity contribution in [1.29, 1.82) is 0 Å². The van der Waals surface area contributed by atoms with Crippen molar-refractivity contribution in [1.82, 2.24) is 55.6 Å². The third-order valence-electron chi connectivity index (χ3n) is 17.9. The van der Waals surface area contributed by atoms with E-state index in [0.717, 1.165) is 14.7 Å². The molecule has 0 unspecified atom stereocenters. The molecule has 1 rings (SSSR count). The Balaban J connectivity index is 4.36. The number of unbranched alkanes of at least 4 members (excludes halogenated alkanes) is 1. The van der Waals surface area contributed by atoms with Crippen LogP contribution in [0.1, 0.15) is 170 Å². The van der Waals surface area contributed by atoms with Crippen LogP contribution in [-0.4, -0.2) is 258 Å². The van der Waals surface area contributed by atoms with Gasteiger partial charge in [0, 0.05) is 55.9 Å². The highest BCUT2D eigenvalue weighted by molar-refractivity contribution is 5.99. The molecule has 1 heterocycles. The summed E-state index contributed by atoms with van der Waals surface area (Å²) in [7, 11) is 9.69. The lowest BCUT2D eigenvalue weighted by atomic mass is 9.91. The first-order chi connectivity index (χ1) is 44.4. The molecule has 7 N–H and O–H groups in total. The van der Waals surface area contributed by atoms with Gasteiger partial charge < -0.3 is 75.9 Å². The topological polar surface area (TPSA) is 340 Å². The summed E-state index contributed by atoms with van der Waals surface area (Å²) >= 11 is 0. The van der Waals surface area contributed by atoms with E-state index in [1.165, 1.54) is 82.8 Å². The molecule has 1 fully saturated rings. The van der Waals surface area contributed by atoms with Gasteiger partial charge in [-0.25, -0.2) is 0 Å². The largest absolute Gasteiger partial charge is 0.465 e. The number of nitrogens with one attached hydrogen (secondary N) is 4. The fraction of sp³-hybridized carbons (Fsp3) is 0.797. The molecule has 1 aliphatic heterocycles. The second kappa shape index (κ2) is 40.9. The van der Waals surface area contributed by atoms with Crippen LogP contribution in [0.25, 0.3) is 0 Å². The van der Waals surface area contributed by atoms with E-state index in [0.29, 0.717) is 12.8 Å². The number of carbonyl (C=O) groups is 12. The monoisotopic (exact) mass is 1360 g/mol. The zero-order chi connectivity index (χ0) is 74.2. The van der Waals surface area contributed by atoms with E-state index in [4.69, 9.17) is 15.2 Å². The van der Waals surface area contributed by atoms with Crippen LogP contribution in [-0.2, 0) is 67.0 Å². The summed E-state index contributed by atoms with van der Waals surface area (Å²) in [5.41, 5.74) is 5.95. The predicted octanol–water partition coefficient (Wildman–Crippen LogP) is 2.93. The lowest BCUT2D eigenvalue weighted by Gasteiger charge is -2.41. The van der Waals surface area contributed by atoms with Crippen molar-refractivity contribution >= 4 is 70.9 Å². The predicted molar refractivity (Wildman–Crippen MR) is 367 cm³/mol. The molecule has 27 heteroatoms. The molecule has 0 radical (unpaired) electrons. The van der Waals surface area contributed by atoms with Crippen LogP contribution in [0, 0.1) is 41.4 Å². The molecule has 0 saturated carbocycles. The number of aliphatic hydroxyl groups is 1. The highest BCUT2D eigenvalue weighted by atomic mass is 16.5. The summed E-state index contributed by atoms with van der Waals surface area (Å²) in [4.78, 5) is 183.